The van der Waals surface area contributed by atoms with E-state index < -0.39 is 0 Å². The zero-order chi connectivity index (χ0) is 14.3. The molecule has 0 aromatic heterocycles. The molecule has 0 bridgehead atoms. The maximum absolute atomic E-state index is 5.93. The van der Waals surface area contributed by atoms with Crippen molar-refractivity contribution in [2.75, 3.05) is 34.4 Å². The molecule has 0 radical (unpaired) electrons. The summed E-state index contributed by atoms with van der Waals surface area (Å²) in [6.07, 6.45) is 1.03. The SMILES string of the molecule is COCCCN(C)Cc1cc(C(C)N)ccc1OC. The van der Waals surface area contributed by atoms with Gasteiger partial charge >= 0.3 is 0 Å². The van der Waals surface area contributed by atoms with E-state index in [0.717, 1.165) is 37.4 Å². The summed E-state index contributed by atoms with van der Waals surface area (Å²) in [6.45, 7) is 4.64. The van der Waals surface area contributed by atoms with Crippen molar-refractivity contribution in [2.45, 2.75) is 25.9 Å². The Bertz CT molecular complexity index is 380. The van der Waals surface area contributed by atoms with Gasteiger partial charge in [-0.05, 0) is 38.1 Å². The average molecular weight is 266 g/mol. The van der Waals surface area contributed by atoms with Crippen LogP contribution in [-0.2, 0) is 11.3 Å². The van der Waals surface area contributed by atoms with Crippen LogP contribution in [0.15, 0.2) is 18.2 Å². The molecule has 19 heavy (non-hydrogen) atoms. The zero-order valence-electron chi connectivity index (χ0n) is 12.5. The number of hydrogen-bond acceptors (Lipinski definition) is 4. The number of benzene rings is 1. The number of ether oxygens (including phenoxy) is 2. The van der Waals surface area contributed by atoms with Crippen LogP contribution < -0.4 is 10.5 Å². The van der Waals surface area contributed by atoms with E-state index in [1.165, 1.54) is 5.56 Å². The molecular formula is C15H26N2O2. The summed E-state index contributed by atoms with van der Waals surface area (Å²) in [5.41, 5.74) is 8.25. The normalized spacial score (nSPS) is 12.7. The molecule has 0 spiro atoms. The van der Waals surface area contributed by atoms with Crippen LogP contribution in [0.1, 0.15) is 30.5 Å². The lowest BCUT2D eigenvalue weighted by atomic mass is 10.0. The maximum atomic E-state index is 5.93. The molecule has 0 saturated heterocycles. The predicted octanol–water partition coefficient (Wildman–Crippen LogP) is 2.18. The Balaban J connectivity index is 2.71. The van der Waals surface area contributed by atoms with E-state index in [0.29, 0.717) is 0 Å². The Morgan fingerprint density at radius 2 is 2.05 bits per heavy atom. The molecule has 0 heterocycles. The molecule has 1 unspecified atom stereocenters. The van der Waals surface area contributed by atoms with E-state index in [-0.39, 0.29) is 6.04 Å². The van der Waals surface area contributed by atoms with Gasteiger partial charge in [-0.15, -0.1) is 0 Å². The monoisotopic (exact) mass is 266 g/mol. The predicted molar refractivity (Wildman–Crippen MR) is 78.4 cm³/mol. The van der Waals surface area contributed by atoms with Crippen molar-refractivity contribution < 1.29 is 9.47 Å². The van der Waals surface area contributed by atoms with Gasteiger partial charge in [-0.3, -0.25) is 0 Å². The van der Waals surface area contributed by atoms with E-state index in [1.807, 2.05) is 19.1 Å². The maximum Gasteiger partial charge on any atom is 0.123 e. The molecule has 108 valence electrons. The molecule has 0 aliphatic rings. The Morgan fingerprint density at radius 1 is 1.32 bits per heavy atom. The molecule has 0 fully saturated rings. The van der Waals surface area contributed by atoms with Crippen molar-refractivity contribution in [1.29, 1.82) is 0 Å². The number of hydrogen-bond donors (Lipinski definition) is 1. The third-order valence-electron chi connectivity index (χ3n) is 3.16. The van der Waals surface area contributed by atoms with Crippen molar-refractivity contribution in [3.63, 3.8) is 0 Å². The van der Waals surface area contributed by atoms with Crippen LogP contribution in [0, 0.1) is 0 Å². The molecule has 0 aliphatic carbocycles. The van der Waals surface area contributed by atoms with Crippen LogP contribution in [0.4, 0.5) is 0 Å². The Labute approximate surface area is 116 Å². The van der Waals surface area contributed by atoms with Crippen LogP contribution in [-0.4, -0.2) is 39.3 Å². The molecule has 1 aromatic carbocycles. The standard InChI is InChI=1S/C15H26N2O2/c1-12(16)13-6-7-15(19-4)14(10-13)11-17(2)8-5-9-18-3/h6-7,10,12H,5,8-9,11,16H2,1-4H3. The van der Waals surface area contributed by atoms with Gasteiger partial charge in [0.15, 0.2) is 0 Å². The lowest BCUT2D eigenvalue weighted by Gasteiger charge is -2.19. The summed E-state index contributed by atoms with van der Waals surface area (Å²) < 4.78 is 10.5. The van der Waals surface area contributed by atoms with Gasteiger partial charge in [0.05, 0.1) is 7.11 Å². The summed E-state index contributed by atoms with van der Waals surface area (Å²) in [4.78, 5) is 2.27. The summed E-state index contributed by atoms with van der Waals surface area (Å²) in [7, 11) is 5.54. The van der Waals surface area contributed by atoms with Crippen LogP contribution >= 0.6 is 0 Å². The van der Waals surface area contributed by atoms with Crippen molar-refractivity contribution in [3.8, 4) is 5.75 Å². The number of rotatable bonds is 8. The summed E-state index contributed by atoms with van der Waals surface area (Å²) in [5.74, 6) is 0.919. The molecule has 0 amide bonds. The van der Waals surface area contributed by atoms with Crippen LogP contribution in [0.2, 0.25) is 0 Å². The van der Waals surface area contributed by atoms with Gasteiger partial charge in [-0.2, -0.15) is 0 Å². The first-order valence-corrected chi connectivity index (χ1v) is 6.68. The highest BCUT2D eigenvalue weighted by molar-refractivity contribution is 5.38. The van der Waals surface area contributed by atoms with Gasteiger partial charge in [0.2, 0.25) is 0 Å². The van der Waals surface area contributed by atoms with Crippen molar-refractivity contribution >= 4 is 0 Å². The summed E-state index contributed by atoms with van der Waals surface area (Å²) >= 11 is 0. The number of methoxy groups -OCH3 is 2. The van der Waals surface area contributed by atoms with Gasteiger partial charge < -0.3 is 20.1 Å². The largest absolute Gasteiger partial charge is 0.496 e. The first kappa shape index (κ1) is 16.0. The van der Waals surface area contributed by atoms with E-state index in [2.05, 4.69) is 18.0 Å². The topological polar surface area (TPSA) is 47.7 Å². The molecule has 4 nitrogen and oxygen atoms in total. The second kappa shape index (κ2) is 8.15. The molecular weight excluding hydrogens is 240 g/mol. The van der Waals surface area contributed by atoms with Gasteiger partial charge in [0.1, 0.15) is 5.75 Å². The molecule has 1 rings (SSSR count). The fraction of sp³-hybridized carbons (Fsp3) is 0.600. The molecule has 1 aromatic rings. The van der Waals surface area contributed by atoms with Crippen LogP contribution in [0.3, 0.4) is 0 Å². The van der Waals surface area contributed by atoms with Crippen LogP contribution in [0.5, 0.6) is 5.75 Å². The zero-order valence-corrected chi connectivity index (χ0v) is 12.5. The van der Waals surface area contributed by atoms with Gasteiger partial charge in [-0.25, -0.2) is 0 Å². The Kier molecular flexibility index (Phi) is 6.84. The van der Waals surface area contributed by atoms with Crippen molar-refractivity contribution in [3.05, 3.63) is 29.3 Å². The quantitative estimate of drug-likeness (QED) is 0.733. The third-order valence-corrected chi connectivity index (χ3v) is 3.16. The highest BCUT2D eigenvalue weighted by atomic mass is 16.5. The van der Waals surface area contributed by atoms with E-state index >= 15 is 0 Å². The number of nitrogens with two attached hydrogens (primary N) is 1. The lowest BCUT2D eigenvalue weighted by Crippen LogP contribution is -2.21. The molecule has 4 heteroatoms. The Morgan fingerprint density at radius 3 is 2.63 bits per heavy atom. The first-order valence-electron chi connectivity index (χ1n) is 6.68. The van der Waals surface area contributed by atoms with E-state index in [4.69, 9.17) is 15.2 Å². The smallest absolute Gasteiger partial charge is 0.123 e. The van der Waals surface area contributed by atoms with E-state index in [9.17, 15) is 0 Å². The Hall–Kier alpha value is -1.10. The minimum atomic E-state index is 0.0449. The van der Waals surface area contributed by atoms with Crippen LogP contribution in [0.25, 0.3) is 0 Å². The van der Waals surface area contributed by atoms with Gasteiger partial charge in [0, 0.05) is 38.4 Å². The van der Waals surface area contributed by atoms with Gasteiger partial charge in [-0.1, -0.05) is 6.07 Å². The lowest BCUT2D eigenvalue weighted by molar-refractivity contribution is 0.178. The minimum absolute atomic E-state index is 0.0449. The highest BCUT2D eigenvalue weighted by Crippen LogP contribution is 2.23. The molecule has 0 aliphatic heterocycles. The third kappa shape index (κ3) is 5.19. The number of nitrogens with zero attached hydrogens (tertiary/aromatic N) is 1. The fourth-order valence-corrected chi connectivity index (χ4v) is 2.05. The van der Waals surface area contributed by atoms with Gasteiger partial charge in [0.25, 0.3) is 0 Å². The molecule has 2 N–H and O–H groups in total. The fourth-order valence-electron chi connectivity index (χ4n) is 2.05. The van der Waals surface area contributed by atoms with Crippen molar-refractivity contribution in [2.24, 2.45) is 5.73 Å². The second-order valence-corrected chi connectivity index (χ2v) is 4.94. The molecule has 0 saturated carbocycles. The van der Waals surface area contributed by atoms with Crippen molar-refractivity contribution in [1.82, 2.24) is 4.90 Å². The van der Waals surface area contributed by atoms with E-state index in [1.54, 1.807) is 14.2 Å². The minimum Gasteiger partial charge on any atom is -0.496 e. The summed E-state index contributed by atoms with van der Waals surface area (Å²) in [6, 6.07) is 6.20. The molecule has 1 atom stereocenters. The second-order valence-electron chi connectivity index (χ2n) is 4.94. The highest BCUT2D eigenvalue weighted by Gasteiger charge is 2.09. The first-order chi connectivity index (χ1) is 9.08. The summed E-state index contributed by atoms with van der Waals surface area (Å²) in [5, 5.41) is 0. The average Bonchev–Trinajstić information content (AvgIpc) is 2.38.